The lowest BCUT2D eigenvalue weighted by Gasteiger charge is -2.19. The van der Waals surface area contributed by atoms with E-state index in [0.717, 1.165) is 12.3 Å². The van der Waals surface area contributed by atoms with Gasteiger partial charge in [0.1, 0.15) is 11.8 Å². The van der Waals surface area contributed by atoms with Gasteiger partial charge in [0.15, 0.2) is 0 Å². The maximum atomic E-state index is 12.5. The highest BCUT2D eigenvalue weighted by atomic mass is 19.4. The van der Waals surface area contributed by atoms with Gasteiger partial charge in [-0.15, -0.1) is 0 Å². The molecule has 2 unspecified atom stereocenters. The summed E-state index contributed by atoms with van der Waals surface area (Å²) < 4.78 is 37.6. The number of alkyl halides is 3. The van der Waals surface area contributed by atoms with Crippen LogP contribution in [0.2, 0.25) is 0 Å². The first-order valence-electron chi connectivity index (χ1n) is 4.63. The Bertz CT molecular complexity index is 428. The van der Waals surface area contributed by atoms with Crippen molar-refractivity contribution in [2.45, 2.75) is 24.8 Å². The minimum Gasteiger partial charge on any atom is -0.389 e. The molecule has 0 saturated carbocycles. The summed E-state index contributed by atoms with van der Waals surface area (Å²) in [5.41, 5.74) is -1.80. The number of nitrogens with zero attached hydrogens (tertiary/aromatic N) is 2. The van der Waals surface area contributed by atoms with E-state index in [4.69, 9.17) is 5.26 Å². The minimum atomic E-state index is -4.72. The zero-order chi connectivity index (χ0) is 13.1. The SMILES string of the molecule is N#CCC(O)C(O)c1cccnc1C(F)(F)F. The third-order valence-electron chi connectivity index (χ3n) is 2.09. The van der Waals surface area contributed by atoms with Gasteiger partial charge in [-0.3, -0.25) is 4.98 Å². The third-order valence-corrected chi connectivity index (χ3v) is 2.09. The largest absolute Gasteiger partial charge is 0.433 e. The molecule has 0 radical (unpaired) electrons. The fraction of sp³-hybridized carbons (Fsp3) is 0.400. The van der Waals surface area contributed by atoms with Crippen molar-refractivity contribution in [2.75, 3.05) is 0 Å². The second-order valence-electron chi connectivity index (χ2n) is 3.31. The summed E-state index contributed by atoms with van der Waals surface area (Å²) >= 11 is 0. The van der Waals surface area contributed by atoms with Gasteiger partial charge >= 0.3 is 6.18 Å². The smallest absolute Gasteiger partial charge is 0.389 e. The van der Waals surface area contributed by atoms with Crippen LogP contribution in [-0.2, 0) is 6.18 Å². The average Bonchev–Trinajstić information content (AvgIpc) is 2.27. The van der Waals surface area contributed by atoms with E-state index >= 15 is 0 Å². The Kier molecular flexibility index (Phi) is 4.04. The molecule has 2 N–H and O–H groups in total. The van der Waals surface area contributed by atoms with Crippen molar-refractivity contribution >= 4 is 0 Å². The van der Waals surface area contributed by atoms with Crippen LogP contribution in [0.5, 0.6) is 0 Å². The van der Waals surface area contributed by atoms with Crippen LogP contribution in [0.1, 0.15) is 23.8 Å². The lowest BCUT2D eigenvalue weighted by atomic mass is 10.0. The number of halogens is 3. The molecule has 0 fully saturated rings. The molecule has 0 amide bonds. The monoisotopic (exact) mass is 246 g/mol. The normalized spacial score (nSPS) is 15.1. The molecule has 0 bridgehead atoms. The first kappa shape index (κ1) is 13.4. The molecule has 1 heterocycles. The fourth-order valence-corrected chi connectivity index (χ4v) is 1.31. The first-order chi connectivity index (χ1) is 7.88. The van der Waals surface area contributed by atoms with Gasteiger partial charge in [-0.25, -0.2) is 0 Å². The summed E-state index contributed by atoms with van der Waals surface area (Å²) in [6, 6.07) is 3.79. The lowest BCUT2D eigenvalue weighted by Crippen LogP contribution is -2.22. The molecule has 0 aliphatic heterocycles. The summed E-state index contributed by atoms with van der Waals surface area (Å²) in [7, 11) is 0. The van der Waals surface area contributed by atoms with Crippen LogP contribution >= 0.6 is 0 Å². The Labute approximate surface area is 95.0 Å². The molecule has 1 rings (SSSR count). The molecule has 7 heteroatoms. The molecule has 0 saturated heterocycles. The molecule has 92 valence electrons. The van der Waals surface area contributed by atoms with Crippen LogP contribution < -0.4 is 0 Å². The van der Waals surface area contributed by atoms with E-state index in [2.05, 4.69) is 4.98 Å². The summed E-state index contributed by atoms with van der Waals surface area (Å²) in [4.78, 5) is 3.13. The molecule has 0 aliphatic rings. The van der Waals surface area contributed by atoms with Gasteiger partial charge in [0.25, 0.3) is 0 Å². The van der Waals surface area contributed by atoms with Crippen LogP contribution in [0.3, 0.4) is 0 Å². The number of pyridine rings is 1. The predicted molar refractivity (Wildman–Crippen MR) is 50.4 cm³/mol. The van der Waals surface area contributed by atoms with Crippen LogP contribution in [0.15, 0.2) is 18.3 Å². The van der Waals surface area contributed by atoms with E-state index in [1.54, 1.807) is 6.07 Å². The number of aliphatic hydroxyl groups is 2. The van der Waals surface area contributed by atoms with Gasteiger partial charge in [-0.2, -0.15) is 18.4 Å². The fourth-order valence-electron chi connectivity index (χ4n) is 1.31. The topological polar surface area (TPSA) is 77.1 Å². The molecule has 0 aromatic carbocycles. The Morgan fingerprint density at radius 2 is 2.06 bits per heavy atom. The summed E-state index contributed by atoms with van der Waals surface area (Å²) in [5, 5.41) is 27.1. The number of nitriles is 1. The van der Waals surface area contributed by atoms with Crippen molar-refractivity contribution in [3.63, 3.8) is 0 Å². The van der Waals surface area contributed by atoms with Crippen molar-refractivity contribution in [1.29, 1.82) is 5.26 Å². The lowest BCUT2D eigenvalue weighted by molar-refractivity contribution is -0.143. The number of aromatic nitrogens is 1. The van der Waals surface area contributed by atoms with E-state index in [-0.39, 0.29) is 0 Å². The highest BCUT2D eigenvalue weighted by Crippen LogP contribution is 2.33. The zero-order valence-corrected chi connectivity index (χ0v) is 8.52. The number of hydrogen-bond acceptors (Lipinski definition) is 4. The average molecular weight is 246 g/mol. The van der Waals surface area contributed by atoms with Gasteiger partial charge in [-0.05, 0) is 6.07 Å². The summed E-state index contributed by atoms with van der Waals surface area (Å²) in [6.07, 6.45) is -7.61. The second kappa shape index (κ2) is 5.12. The molecule has 2 atom stereocenters. The van der Waals surface area contributed by atoms with E-state index in [0.29, 0.717) is 0 Å². The Morgan fingerprint density at radius 1 is 1.41 bits per heavy atom. The van der Waals surface area contributed by atoms with Crippen molar-refractivity contribution in [3.05, 3.63) is 29.6 Å². The van der Waals surface area contributed by atoms with Crippen LogP contribution in [0.4, 0.5) is 13.2 Å². The van der Waals surface area contributed by atoms with Gasteiger partial charge < -0.3 is 10.2 Å². The highest BCUT2D eigenvalue weighted by Gasteiger charge is 2.37. The minimum absolute atomic E-state index is 0.465. The van der Waals surface area contributed by atoms with E-state index in [1.165, 1.54) is 6.07 Å². The van der Waals surface area contributed by atoms with Crippen LogP contribution in [-0.4, -0.2) is 21.3 Å². The standard InChI is InChI=1S/C10H9F3N2O2/c11-10(12,13)9-6(2-1-5-15-9)8(17)7(16)3-4-14/h1-2,5,7-8,16-17H,3H2. The molecular formula is C10H9F3N2O2. The van der Waals surface area contributed by atoms with Crippen LogP contribution in [0, 0.1) is 11.3 Å². The van der Waals surface area contributed by atoms with Crippen molar-refractivity contribution in [1.82, 2.24) is 4.98 Å². The molecule has 17 heavy (non-hydrogen) atoms. The summed E-state index contributed by atoms with van der Waals surface area (Å²) in [6.45, 7) is 0. The quantitative estimate of drug-likeness (QED) is 0.845. The van der Waals surface area contributed by atoms with Crippen molar-refractivity contribution in [3.8, 4) is 6.07 Å². The maximum Gasteiger partial charge on any atom is 0.433 e. The molecule has 4 nitrogen and oxygen atoms in total. The maximum absolute atomic E-state index is 12.5. The van der Waals surface area contributed by atoms with Gasteiger partial charge in [-0.1, -0.05) is 6.07 Å². The van der Waals surface area contributed by atoms with Crippen molar-refractivity contribution < 1.29 is 23.4 Å². The summed E-state index contributed by atoms with van der Waals surface area (Å²) in [5.74, 6) is 0. The van der Waals surface area contributed by atoms with E-state index < -0.39 is 36.1 Å². The highest BCUT2D eigenvalue weighted by molar-refractivity contribution is 5.25. The first-order valence-corrected chi connectivity index (χ1v) is 4.63. The Balaban J connectivity index is 3.10. The number of hydrogen-bond donors (Lipinski definition) is 2. The molecule has 1 aromatic heterocycles. The zero-order valence-electron chi connectivity index (χ0n) is 8.52. The van der Waals surface area contributed by atoms with E-state index in [1.807, 2.05) is 0 Å². The predicted octanol–water partition coefficient (Wildman–Crippen LogP) is 1.41. The third kappa shape index (κ3) is 3.15. The molecule has 0 aliphatic carbocycles. The number of rotatable bonds is 3. The number of aliphatic hydroxyl groups excluding tert-OH is 2. The molecule has 1 aromatic rings. The van der Waals surface area contributed by atoms with E-state index in [9.17, 15) is 23.4 Å². The molecule has 0 spiro atoms. The Hall–Kier alpha value is -1.65. The van der Waals surface area contributed by atoms with Gasteiger partial charge in [0.05, 0.1) is 18.6 Å². The second-order valence-corrected chi connectivity index (χ2v) is 3.31. The van der Waals surface area contributed by atoms with Gasteiger partial charge in [0.2, 0.25) is 0 Å². The van der Waals surface area contributed by atoms with Gasteiger partial charge in [0, 0.05) is 11.8 Å². The van der Waals surface area contributed by atoms with Crippen LogP contribution in [0.25, 0.3) is 0 Å². The Morgan fingerprint density at radius 3 is 2.59 bits per heavy atom. The van der Waals surface area contributed by atoms with Crippen molar-refractivity contribution in [2.24, 2.45) is 0 Å². The molecular weight excluding hydrogens is 237 g/mol.